The molecule has 0 atom stereocenters. The minimum Gasteiger partial charge on any atom is -0.368 e. The van der Waals surface area contributed by atoms with Crippen LogP contribution >= 0.6 is 0 Å². The molecular weight excluding hydrogens is 154 g/mol. The van der Waals surface area contributed by atoms with E-state index >= 15 is 0 Å². The predicted molar refractivity (Wildman–Crippen MR) is 44.6 cm³/mol. The summed E-state index contributed by atoms with van der Waals surface area (Å²) in [6.07, 6.45) is 2.72. The van der Waals surface area contributed by atoms with Gasteiger partial charge in [-0.2, -0.15) is 0 Å². The van der Waals surface area contributed by atoms with Gasteiger partial charge in [-0.15, -0.1) is 10.2 Å². The van der Waals surface area contributed by atoms with Gasteiger partial charge in [-0.25, -0.2) is 4.98 Å². The number of aromatic nitrogens is 4. The van der Waals surface area contributed by atoms with Gasteiger partial charge in [-0.05, 0) is 12.5 Å². The molecule has 0 amide bonds. The molecule has 0 aliphatic rings. The summed E-state index contributed by atoms with van der Waals surface area (Å²) in [5.74, 6) is 0.937. The molecular formula is C7H9N5. The van der Waals surface area contributed by atoms with E-state index in [0.717, 1.165) is 12.1 Å². The lowest BCUT2D eigenvalue weighted by atomic mass is 10.3. The minimum absolute atomic E-state index is 0.375. The molecule has 0 aliphatic heterocycles. The average molecular weight is 163 g/mol. The molecule has 0 bridgehead atoms. The van der Waals surface area contributed by atoms with Crippen LogP contribution < -0.4 is 5.73 Å². The van der Waals surface area contributed by atoms with Gasteiger partial charge in [0.15, 0.2) is 0 Å². The fourth-order valence-corrected chi connectivity index (χ4v) is 1.04. The van der Waals surface area contributed by atoms with E-state index in [1.807, 2.05) is 19.2 Å². The van der Waals surface area contributed by atoms with Gasteiger partial charge in [0.2, 0.25) is 5.95 Å². The van der Waals surface area contributed by atoms with Crippen LogP contribution in [-0.2, 0) is 6.42 Å². The van der Waals surface area contributed by atoms with E-state index in [0.29, 0.717) is 11.7 Å². The Kier molecular flexibility index (Phi) is 1.43. The van der Waals surface area contributed by atoms with Crippen molar-refractivity contribution in [1.82, 2.24) is 19.6 Å². The smallest absolute Gasteiger partial charge is 0.256 e. The fraction of sp³-hybridized carbons (Fsp3) is 0.286. The Morgan fingerprint density at radius 1 is 1.50 bits per heavy atom. The van der Waals surface area contributed by atoms with E-state index in [1.165, 1.54) is 0 Å². The second kappa shape index (κ2) is 2.44. The molecule has 0 radical (unpaired) electrons. The molecule has 0 fully saturated rings. The normalized spacial score (nSPS) is 10.8. The third-order valence-corrected chi connectivity index (χ3v) is 1.73. The Balaban J connectivity index is 2.69. The molecule has 0 aromatic carbocycles. The molecule has 0 saturated heterocycles. The topological polar surface area (TPSA) is 69.1 Å². The van der Waals surface area contributed by atoms with Gasteiger partial charge in [0.1, 0.15) is 0 Å². The van der Waals surface area contributed by atoms with Crippen molar-refractivity contribution < 1.29 is 0 Å². The van der Waals surface area contributed by atoms with Crippen LogP contribution in [0.15, 0.2) is 12.3 Å². The highest BCUT2D eigenvalue weighted by Crippen LogP contribution is 2.03. The van der Waals surface area contributed by atoms with E-state index in [9.17, 15) is 0 Å². The summed E-state index contributed by atoms with van der Waals surface area (Å²) in [6, 6.07) is 1.91. The number of aryl methyl sites for hydroxylation is 1. The third kappa shape index (κ3) is 0.903. The van der Waals surface area contributed by atoms with Gasteiger partial charge < -0.3 is 5.73 Å². The monoisotopic (exact) mass is 163 g/mol. The van der Waals surface area contributed by atoms with Gasteiger partial charge >= 0.3 is 0 Å². The Labute approximate surface area is 69.2 Å². The first-order valence-electron chi connectivity index (χ1n) is 3.77. The number of anilines is 1. The Morgan fingerprint density at radius 3 is 3.08 bits per heavy atom. The highest BCUT2D eigenvalue weighted by molar-refractivity contribution is 5.36. The zero-order chi connectivity index (χ0) is 8.55. The van der Waals surface area contributed by atoms with Crippen molar-refractivity contribution in [3.05, 3.63) is 18.0 Å². The molecule has 2 heterocycles. The zero-order valence-electron chi connectivity index (χ0n) is 6.73. The lowest BCUT2D eigenvalue weighted by Gasteiger charge is -1.95. The first kappa shape index (κ1) is 7.02. The molecule has 5 heteroatoms. The highest BCUT2D eigenvalue weighted by Gasteiger charge is 2.01. The second-order valence-electron chi connectivity index (χ2n) is 2.50. The first-order chi connectivity index (χ1) is 5.81. The lowest BCUT2D eigenvalue weighted by Crippen LogP contribution is -1.96. The number of nitrogens with zero attached hydrogens (tertiary/aromatic N) is 4. The van der Waals surface area contributed by atoms with Crippen LogP contribution in [0.2, 0.25) is 0 Å². The largest absolute Gasteiger partial charge is 0.368 e. The highest BCUT2D eigenvalue weighted by atomic mass is 15.3. The Bertz CT molecular complexity index is 405. The molecule has 5 nitrogen and oxygen atoms in total. The summed E-state index contributed by atoms with van der Waals surface area (Å²) in [4.78, 5) is 4.22. The number of rotatable bonds is 1. The van der Waals surface area contributed by atoms with Crippen molar-refractivity contribution in [2.45, 2.75) is 13.3 Å². The molecule has 62 valence electrons. The van der Waals surface area contributed by atoms with Gasteiger partial charge in [-0.3, -0.25) is 4.40 Å². The summed E-state index contributed by atoms with van der Waals surface area (Å²) < 4.78 is 1.65. The van der Waals surface area contributed by atoms with Crippen molar-refractivity contribution in [2.75, 3.05) is 5.73 Å². The average Bonchev–Trinajstić information content (AvgIpc) is 2.47. The summed E-state index contributed by atoms with van der Waals surface area (Å²) in [5.41, 5.74) is 6.51. The number of nitrogens with two attached hydrogens (primary N) is 1. The van der Waals surface area contributed by atoms with Crippen molar-refractivity contribution in [2.24, 2.45) is 0 Å². The maximum absolute atomic E-state index is 5.52. The molecule has 0 aliphatic carbocycles. The number of hydrogen-bond donors (Lipinski definition) is 1. The van der Waals surface area contributed by atoms with Crippen molar-refractivity contribution in [3.8, 4) is 0 Å². The summed E-state index contributed by atoms with van der Waals surface area (Å²) in [7, 11) is 0. The fourth-order valence-electron chi connectivity index (χ4n) is 1.04. The van der Waals surface area contributed by atoms with Crippen LogP contribution in [0.1, 0.15) is 12.6 Å². The molecule has 0 unspecified atom stereocenters. The zero-order valence-corrected chi connectivity index (χ0v) is 6.73. The molecule has 2 N–H and O–H groups in total. The van der Waals surface area contributed by atoms with E-state index in [2.05, 4.69) is 15.2 Å². The van der Waals surface area contributed by atoms with E-state index in [-0.39, 0.29) is 0 Å². The van der Waals surface area contributed by atoms with Gasteiger partial charge in [0.25, 0.3) is 5.78 Å². The molecule has 0 saturated carbocycles. The second-order valence-corrected chi connectivity index (χ2v) is 2.50. The van der Waals surface area contributed by atoms with Gasteiger partial charge in [0, 0.05) is 11.9 Å². The van der Waals surface area contributed by atoms with Crippen LogP contribution in [0, 0.1) is 0 Å². The number of fused-ring (bicyclic) bond motifs is 1. The van der Waals surface area contributed by atoms with Crippen LogP contribution in [0.25, 0.3) is 5.78 Å². The summed E-state index contributed by atoms with van der Waals surface area (Å²) >= 11 is 0. The molecule has 2 aromatic rings. The summed E-state index contributed by atoms with van der Waals surface area (Å²) in [6.45, 7) is 2.04. The van der Waals surface area contributed by atoms with E-state index in [4.69, 9.17) is 5.73 Å². The number of nitrogen functional groups attached to an aromatic ring is 1. The minimum atomic E-state index is 0.375. The van der Waals surface area contributed by atoms with Crippen LogP contribution in [0.3, 0.4) is 0 Å². The Hall–Kier alpha value is -1.65. The van der Waals surface area contributed by atoms with Crippen molar-refractivity contribution >= 4 is 11.7 Å². The Morgan fingerprint density at radius 2 is 2.33 bits per heavy atom. The van der Waals surface area contributed by atoms with Crippen LogP contribution in [-0.4, -0.2) is 19.6 Å². The maximum Gasteiger partial charge on any atom is 0.256 e. The standard InChI is InChI=1S/C7H9N5/c1-2-5-3-4-12-6(8)10-11-7(12)9-5/h3-4H,2H2,1H3,(H2,8,10). The van der Waals surface area contributed by atoms with Crippen LogP contribution in [0.4, 0.5) is 5.95 Å². The summed E-state index contributed by atoms with van der Waals surface area (Å²) in [5, 5.41) is 7.50. The van der Waals surface area contributed by atoms with E-state index < -0.39 is 0 Å². The molecule has 2 rings (SSSR count). The lowest BCUT2D eigenvalue weighted by molar-refractivity contribution is 0.992. The first-order valence-corrected chi connectivity index (χ1v) is 3.77. The SMILES string of the molecule is CCc1ccn2c(N)nnc2n1. The maximum atomic E-state index is 5.52. The van der Waals surface area contributed by atoms with Crippen molar-refractivity contribution in [3.63, 3.8) is 0 Å². The van der Waals surface area contributed by atoms with Gasteiger partial charge in [0.05, 0.1) is 0 Å². The van der Waals surface area contributed by atoms with Crippen molar-refractivity contribution in [1.29, 1.82) is 0 Å². The van der Waals surface area contributed by atoms with Gasteiger partial charge in [-0.1, -0.05) is 6.92 Å². The molecule has 2 aromatic heterocycles. The van der Waals surface area contributed by atoms with E-state index in [1.54, 1.807) is 4.40 Å². The van der Waals surface area contributed by atoms with Crippen LogP contribution in [0.5, 0.6) is 0 Å². The predicted octanol–water partition coefficient (Wildman–Crippen LogP) is 0.269. The number of hydrogen-bond acceptors (Lipinski definition) is 4. The molecule has 0 spiro atoms. The molecule has 12 heavy (non-hydrogen) atoms. The quantitative estimate of drug-likeness (QED) is 0.655. The third-order valence-electron chi connectivity index (χ3n) is 1.73.